The molecule has 0 unspecified atom stereocenters. The molecule has 0 bridgehead atoms. The van der Waals surface area contributed by atoms with Crippen LogP contribution in [0, 0.1) is 17.8 Å². The van der Waals surface area contributed by atoms with Crippen molar-refractivity contribution in [2.45, 2.75) is 77.7 Å². The lowest BCUT2D eigenvalue weighted by molar-refractivity contribution is -0.123. The molecule has 1 aromatic rings. The van der Waals surface area contributed by atoms with Gasteiger partial charge in [0.05, 0.1) is 5.69 Å². The van der Waals surface area contributed by atoms with E-state index in [9.17, 15) is 4.79 Å². The van der Waals surface area contributed by atoms with E-state index in [0.29, 0.717) is 18.3 Å². The van der Waals surface area contributed by atoms with Crippen LogP contribution in [0.3, 0.4) is 0 Å². The fraction of sp³-hybridized carbons (Fsp3) is 0.810. The maximum absolute atomic E-state index is 12.2. The third-order valence-electron chi connectivity index (χ3n) is 5.96. The van der Waals surface area contributed by atoms with Gasteiger partial charge in [-0.25, -0.2) is 0 Å². The summed E-state index contributed by atoms with van der Waals surface area (Å²) in [4.78, 5) is 12.2. The van der Waals surface area contributed by atoms with Crippen molar-refractivity contribution in [1.82, 2.24) is 15.8 Å². The van der Waals surface area contributed by atoms with Crippen LogP contribution in [0.1, 0.15) is 70.2 Å². The molecular formula is C21H35N3O2. The predicted molar refractivity (Wildman–Crippen MR) is 103 cm³/mol. The molecule has 1 aliphatic carbocycles. The highest BCUT2D eigenvalue weighted by molar-refractivity contribution is 5.76. The van der Waals surface area contributed by atoms with E-state index in [0.717, 1.165) is 49.7 Å². The highest BCUT2D eigenvalue weighted by Gasteiger charge is 2.28. The number of amides is 1. The number of rotatable bonds is 7. The van der Waals surface area contributed by atoms with Gasteiger partial charge in [0.15, 0.2) is 0 Å². The van der Waals surface area contributed by atoms with E-state index in [-0.39, 0.29) is 11.9 Å². The molecule has 26 heavy (non-hydrogen) atoms. The van der Waals surface area contributed by atoms with E-state index >= 15 is 0 Å². The first-order valence-electron chi connectivity index (χ1n) is 10.5. The molecular weight excluding hydrogens is 326 g/mol. The summed E-state index contributed by atoms with van der Waals surface area (Å²) in [6.07, 6.45) is 10.4. The second-order valence-electron chi connectivity index (χ2n) is 8.64. The van der Waals surface area contributed by atoms with Gasteiger partial charge >= 0.3 is 0 Å². The Morgan fingerprint density at radius 3 is 2.81 bits per heavy atom. The number of hydrogen-bond donors (Lipinski definition) is 2. The zero-order valence-corrected chi connectivity index (χ0v) is 16.4. The van der Waals surface area contributed by atoms with Gasteiger partial charge in [0.1, 0.15) is 5.76 Å². The zero-order chi connectivity index (χ0) is 18.4. The topological polar surface area (TPSA) is 67.2 Å². The minimum absolute atomic E-state index is 0.176. The summed E-state index contributed by atoms with van der Waals surface area (Å²) in [5.74, 6) is 2.87. The molecule has 5 nitrogen and oxygen atoms in total. The number of carbonyl (C=O) groups excluding carboxylic acids is 1. The van der Waals surface area contributed by atoms with Gasteiger partial charge in [-0.15, -0.1) is 0 Å². The molecule has 2 aliphatic rings. The Morgan fingerprint density at radius 1 is 1.23 bits per heavy atom. The lowest BCUT2D eigenvalue weighted by atomic mass is 9.81. The number of piperidine rings is 1. The first kappa shape index (κ1) is 19.4. The van der Waals surface area contributed by atoms with E-state index in [4.69, 9.17) is 4.52 Å². The maximum Gasteiger partial charge on any atom is 0.220 e. The van der Waals surface area contributed by atoms with E-state index in [1.54, 1.807) is 0 Å². The van der Waals surface area contributed by atoms with E-state index in [1.165, 1.54) is 32.1 Å². The first-order chi connectivity index (χ1) is 12.6. The van der Waals surface area contributed by atoms with Crippen molar-refractivity contribution >= 4 is 5.91 Å². The van der Waals surface area contributed by atoms with Crippen molar-refractivity contribution in [3.8, 4) is 0 Å². The Morgan fingerprint density at radius 2 is 2.04 bits per heavy atom. The van der Waals surface area contributed by atoms with E-state index < -0.39 is 0 Å². The van der Waals surface area contributed by atoms with Crippen molar-refractivity contribution in [1.29, 1.82) is 0 Å². The standard InChI is InChI=1S/C21H35N3O2/c1-15(2)23-21(25)12-17-8-9-22-14-18(17)11-19-13-20(26-24-19)10-16-6-4-3-5-7-16/h13,15-18,22H,3-12,14H2,1-2H3,(H,23,25)/t17-,18+/m1/s1. The quantitative estimate of drug-likeness (QED) is 0.780. The van der Waals surface area contributed by atoms with Crippen LogP contribution in [-0.4, -0.2) is 30.2 Å². The Bertz CT molecular complexity index is 563. The molecule has 1 amide bonds. The van der Waals surface area contributed by atoms with Gasteiger partial charge in [-0.1, -0.05) is 37.3 Å². The average Bonchev–Trinajstić information content (AvgIpc) is 3.04. The van der Waals surface area contributed by atoms with Crippen LogP contribution in [0.2, 0.25) is 0 Å². The van der Waals surface area contributed by atoms with Gasteiger partial charge < -0.3 is 15.2 Å². The Labute approximate surface area is 157 Å². The first-order valence-corrected chi connectivity index (χ1v) is 10.5. The molecule has 2 atom stereocenters. The highest BCUT2D eigenvalue weighted by Crippen LogP contribution is 2.29. The Hall–Kier alpha value is -1.36. The second kappa shape index (κ2) is 9.54. The monoisotopic (exact) mass is 361 g/mol. The van der Waals surface area contributed by atoms with E-state index in [1.807, 2.05) is 13.8 Å². The van der Waals surface area contributed by atoms with Crippen molar-refractivity contribution in [3.05, 3.63) is 17.5 Å². The Balaban J connectivity index is 1.53. The van der Waals surface area contributed by atoms with E-state index in [2.05, 4.69) is 21.9 Å². The average molecular weight is 362 g/mol. The van der Waals surface area contributed by atoms with Gasteiger partial charge in [-0.2, -0.15) is 0 Å². The van der Waals surface area contributed by atoms with Crippen LogP contribution in [-0.2, 0) is 17.6 Å². The van der Waals surface area contributed by atoms with Crippen LogP contribution in [0.5, 0.6) is 0 Å². The summed E-state index contributed by atoms with van der Waals surface area (Å²) < 4.78 is 5.63. The molecule has 1 aromatic heterocycles. The number of carbonyl (C=O) groups is 1. The van der Waals surface area contributed by atoms with Crippen molar-refractivity contribution in [2.75, 3.05) is 13.1 Å². The number of hydrogen-bond acceptors (Lipinski definition) is 4. The SMILES string of the molecule is CC(C)NC(=O)C[C@H]1CCNC[C@@H]1Cc1cc(CC2CCCCC2)on1. The number of nitrogens with one attached hydrogen (secondary N) is 2. The maximum atomic E-state index is 12.2. The van der Waals surface area contributed by atoms with Crippen molar-refractivity contribution in [2.24, 2.45) is 17.8 Å². The molecule has 1 aliphatic heterocycles. The van der Waals surface area contributed by atoms with Crippen LogP contribution in [0.15, 0.2) is 10.6 Å². The smallest absolute Gasteiger partial charge is 0.220 e. The number of aromatic nitrogens is 1. The number of nitrogens with zero attached hydrogens (tertiary/aromatic N) is 1. The molecule has 1 saturated heterocycles. The molecule has 1 saturated carbocycles. The molecule has 146 valence electrons. The van der Waals surface area contributed by atoms with Gasteiger partial charge in [-0.3, -0.25) is 4.79 Å². The molecule has 2 heterocycles. The third kappa shape index (κ3) is 5.83. The predicted octanol–water partition coefficient (Wildman–Crippen LogP) is 3.48. The molecule has 2 fully saturated rings. The molecule has 0 spiro atoms. The summed E-state index contributed by atoms with van der Waals surface area (Å²) in [6.45, 7) is 5.99. The van der Waals surface area contributed by atoms with Crippen LogP contribution in [0.25, 0.3) is 0 Å². The van der Waals surface area contributed by atoms with Crippen molar-refractivity contribution < 1.29 is 9.32 Å². The fourth-order valence-corrected chi connectivity index (χ4v) is 4.60. The largest absolute Gasteiger partial charge is 0.361 e. The summed E-state index contributed by atoms with van der Waals surface area (Å²) >= 11 is 0. The summed E-state index contributed by atoms with van der Waals surface area (Å²) in [7, 11) is 0. The van der Waals surface area contributed by atoms with Gasteiger partial charge in [-0.05, 0) is 57.5 Å². The summed E-state index contributed by atoms with van der Waals surface area (Å²) in [5, 5.41) is 10.8. The van der Waals surface area contributed by atoms with Gasteiger partial charge in [0.25, 0.3) is 0 Å². The lowest BCUT2D eigenvalue weighted by Gasteiger charge is -2.31. The van der Waals surface area contributed by atoms with Gasteiger partial charge in [0.2, 0.25) is 5.91 Å². The third-order valence-corrected chi connectivity index (χ3v) is 5.96. The van der Waals surface area contributed by atoms with Crippen LogP contribution < -0.4 is 10.6 Å². The van der Waals surface area contributed by atoms with Gasteiger partial charge in [0, 0.05) is 24.9 Å². The molecule has 3 rings (SSSR count). The second-order valence-corrected chi connectivity index (χ2v) is 8.64. The van der Waals surface area contributed by atoms with Crippen LogP contribution in [0.4, 0.5) is 0 Å². The highest BCUT2D eigenvalue weighted by atomic mass is 16.5. The summed E-state index contributed by atoms with van der Waals surface area (Å²) in [6, 6.07) is 2.37. The normalized spacial score (nSPS) is 24.7. The molecule has 0 aromatic carbocycles. The minimum Gasteiger partial charge on any atom is -0.361 e. The summed E-state index contributed by atoms with van der Waals surface area (Å²) in [5.41, 5.74) is 1.05. The minimum atomic E-state index is 0.176. The molecule has 0 radical (unpaired) electrons. The molecule has 2 N–H and O–H groups in total. The lowest BCUT2D eigenvalue weighted by Crippen LogP contribution is -2.41. The van der Waals surface area contributed by atoms with Crippen LogP contribution >= 0.6 is 0 Å². The zero-order valence-electron chi connectivity index (χ0n) is 16.4. The molecule has 5 heteroatoms. The van der Waals surface area contributed by atoms with Crippen molar-refractivity contribution in [3.63, 3.8) is 0 Å². The Kier molecular flexibility index (Phi) is 7.12. The fourth-order valence-electron chi connectivity index (χ4n) is 4.60.